The average Bonchev–Trinajstić information content (AvgIpc) is 2.55. The van der Waals surface area contributed by atoms with E-state index in [0.717, 1.165) is 17.4 Å². The van der Waals surface area contributed by atoms with Gasteiger partial charge in [-0.2, -0.15) is 0 Å². The summed E-state index contributed by atoms with van der Waals surface area (Å²) in [6, 6.07) is 0. The normalized spacial score (nSPS) is 16.2. The first-order chi connectivity index (χ1) is 6.20. The van der Waals surface area contributed by atoms with Crippen LogP contribution in [0.5, 0.6) is 0 Å². The first kappa shape index (κ1) is 10.8. The standard InChI is InChI=1S/C8H14N2OS2/c9-7(11)3-6-13-8(12)10-4-1-2-5-10/h1-6H2,(H2,9,11). The summed E-state index contributed by atoms with van der Waals surface area (Å²) < 4.78 is 0.916. The summed E-state index contributed by atoms with van der Waals surface area (Å²) >= 11 is 6.76. The van der Waals surface area contributed by atoms with Gasteiger partial charge in [0, 0.05) is 25.3 Å². The second-order valence-electron chi connectivity index (χ2n) is 3.02. The Hall–Kier alpha value is -0.290. The van der Waals surface area contributed by atoms with Crippen LogP contribution in [0.15, 0.2) is 0 Å². The molecular weight excluding hydrogens is 204 g/mol. The molecule has 74 valence electrons. The molecule has 0 aliphatic carbocycles. The zero-order valence-corrected chi connectivity index (χ0v) is 9.12. The van der Waals surface area contributed by atoms with Crippen LogP contribution in [0.25, 0.3) is 0 Å². The Labute approximate surface area is 88.0 Å². The lowest BCUT2D eigenvalue weighted by atomic mass is 10.4. The van der Waals surface area contributed by atoms with Gasteiger partial charge < -0.3 is 10.6 Å². The molecule has 0 spiro atoms. The van der Waals surface area contributed by atoms with E-state index in [4.69, 9.17) is 18.0 Å². The molecule has 1 rings (SSSR count). The Morgan fingerprint density at radius 2 is 2.08 bits per heavy atom. The second-order valence-corrected chi connectivity index (χ2v) is 4.75. The lowest BCUT2D eigenvalue weighted by Gasteiger charge is -2.16. The number of primary amides is 1. The van der Waals surface area contributed by atoms with Crippen molar-refractivity contribution in [2.45, 2.75) is 19.3 Å². The lowest BCUT2D eigenvalue weighted by Crippen LogP contribution is -2.24. The van der Waals surface area contributed by atoms with Crippen molar-refractivity contribution < 1.29 is 4.79 Å². The number of amides is 1. The van der Waals surface area contributed by atoms with Gasteiger partial charge in [0.05, 0.1) is 0 Å². The highest BCUT2D eigenvalue weighted by molar-refractivity contribution is 8.22. The fourth-order valence-corrected chi connectivity index (χ4v) is 2.51. The Morgan fingerprint density at radius 1 is 1.46 bits per heavy atom. The highest BCUT2D eigenvalue weighted by Gasteiger charge is 2.14. The number of carbonyl (C=O) groups is 1. The molecule has 5 heteroatoms. The zero-order chi connectivity index (χ0) is 9.68. The molecule has 0 aromatic heterocycles. The molecule has 1 aliphatic rings. The number of rotatable bonds is 3. The van der Waals surface area contributed by atoms with Crippen molar-refractivity contribution in [3.8, 4) is 0 Å². The first-order valence-electron chi connectivity index (χ1n) is 4.40. The Morgan fingerprint density at radius 3 is 2.62 bits per heavy atom. The molecule has 0 radical (unpaired) electrons. The molecule has 0 aromatic carbocycles. The molecule has 1 aliphatic heterocycles. The van der Waals surface area contributed by atoms with Crippen LogP contribution in [-0.2, 0) is 4.79 Å². The molecule has 2 N–H and O–H groups in total. The van der Waals surface area contributed by atoms with E-state index >= 15 is 0 Å². The minimum Gasteiger partial charge on any atom is -0.370 e. The Balaban J connectivity index is 2.13. The van der Waals surface area contributed by atoms with Crippen molar-refractivity contribution in [1.29, 1.82) is 0 Å². The monoisotopic (exact) mass is 218 g/mol. The predicted molar refractivity (Wildman–Crippen MR) is 59.7 cm³/mol. The summed E-state index contributed by atoms with van der Waals surface area (Å²) in [7, 11) is 0. The maximum Gasteiger partial charge on any atom is 0.218 e. The van der Waals surface area contributed by atoms with Gasteiger partial charge in [0.1, 0.15) is 4.32 Å². The SMILES string of the molecule is NC(=O)CCSC(=S)N1CCCC1. The fourth-order valence-electron chi connectivity index (χ4n) is 1.23. The minimum absolute atomic E-state index is 0.253. The number of hydrogen-bond acceptors (Lipinski definition) is 3. The van der Waals surface area contributed by atoms with Crippen LogP contribution >= 0.6 is 24.0 Å². The van der Waals surface area contributed by atoms with E-state index in [1.807, 2.05) is 0 Å². The van der Waals surface area contributed by atoms with Crippen LogP contribution in [0.3, 0.4) is 0 Å². The summed E-state index contributed by atoms with van der Waals surface area (Å²) in [5.41, 5.74) is 5.02. The van der Waals surface area contributed by atoms with Gasteiger partial charge in [0.25, 0.3) is 0 Å². The van der Waals surface area contributed by atoms with Crippen molar-refractivity contribution in [3.63, 3.8) is 0 Å². The van der Waals surface area contributed by atoms with Crippen LogP contribution in [0.4, 0.5) is 0 Å². The van der Waals surface area contributed by atoms with E-state index < -0.39 is 0 Å². The minimum atomic E-state index is -0.253. The number of likely N-dealkylation sites (tertiary alicyclic amines) is 1. The van der Waals surface area contributed by atoms with Gasteiger partial charge in [-0.1, -0.05) is 24.0 Å². The van der Waals surface area contributed by atoms with Gasteiger partial charge in [-0.05, 0) is 12.8 Å². The summed E-state index contributed by atoms with van der Waals surface area (Å²) in [6.45, 7) is 2.14. The summed E-state index contributed by atoms with van der Waals surface area (Å²) in [6.07, 6.45) is 2.88. The maximum absolute atomic E-state index is 10.5. The number of nitrogens with two attached hydrogens (primary N) is 1. The van der Waals surface area contributed by atoms with Crippen molar-refractivity contribution in [1.82, 2.24) is 4.90 Å². The molecule has 0 saturated carbocycles. The summed E-state index contributed by atoms with van der Waals surface area (Å²) in [5, 5.41) is 0. The number of nitrogens with zero attached hydrogens (tertiary/aromatic N) is 1. The van der Waals surface area contributed by atoms with Crippen molar-refractivity contribution in [2.24, 2.45) is 5.73 Å². The van der Waals surface area contributed by atoms with Crippen LogP contribution in [0, 0.1) is 0 Å². The topological polar surface area (TPSA) is 46.3 Å². The van der Waals surface area contributed by atoms with E-state index in [1.165, 1.54) is 12.8 Å². The van der Waals surface area contributed by atoms with Gasteiger partial charge >= 0.3 is 0 Å². The number of hydrogen-bond donors (Lipinski definition) is 1. The third kappa shape index (κ3) is 3.95. The molecule has 0 bridgehead atoms. The van der Waals surface area contributed by atoms with E-state index in [0.29, 0.717) is 12.2 Å². The molecule has 0 unspecified atom stereocenters. The zero-order valence-electron chi connectivity index (χ0n) is 7.49. The number of thioether (sulfide) groups is 1. The highest BCUT2D eigenvalue weighted by Crippen LogP contribution is 2.16. The summed E-state index contributed by atoms with van der Waals surface area (Å²) in [4.78, 5) is 12.6. The van der Waals surface area contributed by atoms with Crippen molar-refractivity contribution >= 4 is 34.2 Å². The van der Waals surface area contributed by atoms with Crippen LogP contribution in [0.1, 0.15) is 19.3 Å². The van der Waals surface area contributed by atoms with Crippen LogP contribution < -0.4 is 5.73 Å². The molecule has 1 fully saturated rings. The van der Waals surface area contributed by atoms with Crippen LogP contribution in [0.2, 0.25) is 0 Å². The fraction of sp³-hybridized carbons (Fsp3) is 0.750. The summed E-state index contributed by atoms with van der Waals surface area (Å²) in [5.74, 6) is 0.460. The smallest absolute Gasteiger partial charge is 0.218 e. The number of thiocarbonyl (C=S) groups is 1. The largest absolute Gasteiger partial charge is 0.370 e. The van der Waals surface area contributed by atoms with Crippen molar-refractivity contribution in [2.75, 3.05) is 18.8 Å². The van der Waals surface area contributed by atoms with Gasteiger partial charge in [0.2, 0.25) is 5.91 Å². The Kier molecular flexibility index (Phi) is 4.52. The van der Waals surface area contributed by atoms with E-state index in [2.05, 4.69) is 4.90 Å². The van der Waals surface area contributed by atoms with E-state index in [1.54, 1.807) is 11.8 Å². The van der Waals surface area contributed by atoms with Crippen LogP contribution in [-0.4, -0.2) is 34.0 Å². The third-order valence-corrected chi connectivity index (χ3v) is 3.46. The third-order valence-electron chi connectivity index (χ3n) is 1.94. The predicted octanol–water partition coefficient (Wildman–Crippen LogP) is 0.976. The number of carbonyl (C=O) groups excluding carboxylic acids is 1. The first-order valence-corrected chi connectivity index (χ1v) is 5.79. The highest BCUT2D eigenvalue weighted by atomic mass is 32.2. The average molecular weight is 218 g/mol. The molecule has 1 saturated heterocycles. The van der Waals surface area contributed by atoms with Crippen molar-refractivity contribution in [3.05, 3.63) is 0 Å². The van der Waals surface area contributed by atoms with Gasteiger partial charge in [0.15, 0.2) is 0 Å². The Bertz CT molecular complexity index is 202. The molecule has 3 nitrogen and oxygen atoms in total. The van der Waals surface area contributed by atoms with Gasteiger partial charge in [-0.15, -0.1) is 0 Å². The lowest BCUT2D eigenvalue weighted by molar-refractivity contribution is -0.117. The quantitative estimate of drug-likeness (QED) is 0.717. The maximum atomic E-state index is 10.5. The molecule has 0 aromatic rings. The molecule has 1 amide bonds. The molecule has 0 atom stereocenters. The van der Waals surface area contributed by atoms with E-state index in [9.17, 15) is 4.79 Å². The molecule has 13 heavy (non-hydrogen) atoms. The van der Waals surface area contributed by atoms with E-state index in [-0.39, 0.29) is 5.91 Å². The second kappa shape index (κ2) is 5.44. The molecular formula is C8H14N2OS2. The molecule has 1 heterocycles. The van der Waals surface area contributed by atoms with Gasteiger partial charge in [-0.3, -0.25) is 4.79 Å². The van der Waals surface area contributed by atoms with Gasteiger partial charge in [-0.25, -0.2) is 0 Å².